The van der Waals surface area contributed by atoms with Gasteiger partial charge in [0.05, 0.1) is 0 Å². The van der Waals surface area contributed by atoms with E-state index in [0.29, 0.717) is 12.5 Å². The summed E-state index contributed by atoms with van der Waals surface area (Å²) in [7, 11) is 0. The predicted octanol–water partition coefficient (Wildman–Crippen LogP) is 1.87. The fourth-order valence-electron chi connectivity index (χ4n) is 1.45. The van der Waals surface area contributed by atoms with E-state index in [1.54, 1.807) is 0 Å². The molecule has 3 N–H and O–H groups in total. The standard InChI is InChI=1S/C11H21N5OS/c1-5-16(6-8(4)9(12)14-17)11-13-10(7(2)3)15-18-11/h7-8,17H,5-6H2,1-4H3,(H2,12,14). The van der Waals surface area contributed by atoms with Gasteiger partial charge in [-0.3, -0.25) is 0 Å². The molecular formula is C11H21N5OS. The molecule has 18 heavy (non-hydrogen) atoms. The Morgan fingerprint density at radius 1 is 1.50 bits per heavy atom. The Balaban J connectivity index is 2.76. The lowest BCUT2D eigenvalue weighted by atomic mass is 10.1. The minimum atomic E-state index is -0.0265. The normalized spacial score (nSPS) is 13.9. The van der Waals surface area contributed by atoms with Gasteiger partial charge in [0.15, 0.2) is 0 Å². The first-order chi connectivity index (χ1) is 8.49. The lowest BCUT2D eigenvalue weighted by Crippen LogP contribution is -2.35. The van der Waals surface area contributed by atoms with Crippen molar-refractivity contribution < 1.29 is 5.21 Å². The molecule has 0 fully saturated rings. The molecule has 0 amide bonds. The second-order valence-corrected chi connectivity index (χ2v) is 5.28. The lowest BCUT2D eigenvalue weighted by molar-refractivity contribution is 0.314. The molecule has 0 saturated carbocycles. The number of hydrogen-bond donors (Lipinski definition) is 2. The Labute approximate surface area is 112 Å². The number of aromatic nitrogens is 2. The largest absolute Gasteiger partial charge is 0.409 e. The van der Waals surface area contributed by atoms with Gasteiger partial charge in [-0.1, -0.05) is 25.9 Å². The summed E-state index contributed by atoms with van der Waals surface area (Å²) >= 11 is 1.39. The maximum absolute atomic E-state index is 8.66. The van der Waals surface area contributed by atoms with Crippen LogP contribution < -0.4 is 10.6 Å². The molecule has 0 aliphatic heterocycles. The average Bonchev–Trinajstić information content (AvgIpc) is 2.84. The van der Waals surface area contributed by atoms with Crippen LogP contribution in [0, 0.1) is 5.92 Å². The Morgan fingerprint density at radius 3 is 2.61 bits per heavy atom. The molecule has 0 radical (unpaired) electrons. The van der Waals surface area contributed by atoms with Gasteiger partial charge in [-0.05, 0) is 6.92 Å². The zero-order valence-corrected chi connectivity index (χ0v) is 12.1. The third-order valence-electron chi connectivity index (χ3n) is 2.71. The van der Waals surface area contributed by atoms with Gasteiger partial charge >= 0.3 is 0 Å². The van der Waals surface area contributed by atoms with Gasteiger partial charge in [0.1, 0.15) is 11.7 Å². The van der Waals surface area contributed by atoms with E-state index in [-0.39, 0.29) is 11.8 Å². The van der Waals surface area contributed by atoms with Crippen molar-refractivity contribution in [2.75, 3.05) is 18.0 Å². The van der Waals surface area contributed by atoms with Gasteiger partial charge in [-0.15, -0.1) is 0 Å². The van der Waals surface area contributed by atoms with E-state index in [9.17, 15) is 0 Å². The highest BCUT2D eigenvalue weighted by atomic mass is 32.1. The number of anilines is 1. The highest BCUT2D eigenvalue weighted by molar-refractivity contribution is 7.09. The van der Waals surface area contributed by atoms with Crippen molar-refractivity contribution in [3.63, 3.8) is 0 Å². The van der Waals surface area contributed by atoms with Crippen molar-refractivity contribution in [1.29, 1.82) is 0 Å². The molecule has 0 aliphatic rings. The molecule has 0 aliphatic carbocycles. The molecule has 1 aromatic heterocycles. The number of rotatable bonds is 6. The van der Waals surface area contributed by atoms with Gasteiger partial charge in [0, 0.05) is 36.5 Å². The first-order valence-electron chi connectivity index (χ1n) is 6.05. The van der Waals surface area contributed by atoms with Crippen molar-refractivity contribution in [2.24, 2.45) is 16.8 Å². The lowest BCUT2D eigenvalue weighted by Gasteiger charge is -2.22. The summed E-state index contributed by atoms with van der Waals surface area (Å²) in [5, 5.41) is 12.6. The predicted molar refractivity (Wildman–Crippen MR) is 74.5 cm³/mol. The van der Waals surface area contributed by atoms with Crippen LogP contribution in [-0.2, 0) is 0 Å². The number of nitrogens with zero attached hydrogens (tertiary/aromatic N) is 4. The Kier molecular flexibility index (Phi) is 5.33. The smallest absolute Gasteiger partial charge is 0.205 e. The third kappa shape index (κ3) is 3.56. The first-order valence-corrected chi connectivity index (χ1v) is 6.82. The van der Waals surface area contributed by atoms with Crippen LogP contribution in [0.15, 0.2) is 5.16 Å². The van der Waals surface area contributed by atoms with E-state index >= 15 is 0 Å². The molecule has 0 bridgehead atoms. The van der Waals surface area contributed by atoms with E-state index in [0.717, 1.165) is 17.5 Å². The summed E-state index contributed by atoms with van der Waals surface area (Å²) in [5.41, 5.74) is 5.59. The van der Waals surface area contributed by atoms with Crippen LogP contribution in [0.25, 0.3) is 0 Å². The van der Waals surface area contributed by atoms with Crippen molar-refractivity contribution in [1.82, 2.24) is 9.36 Å². The van der Waals surface area contributed by atoms with Crippen LogP contribution in [0.5, 0.6) is 0 Å². The number of nitrogens with two attached hydrogens (primary N) is 1. The molecule has 0 spiro atoms. The summed E-state index contributed by atoms with van der Waals surface area (Å²) in [6.45, 7) is 9.59. The monoisotopic (exact) mass is 271 g/mol. The highest BCUT2D eigenvalue weighted by Gasteiger charge is 2.17. The fraction of sp³-hybridized carbons (Fsp3) is 0.727. The second kappa shape index (κ2) is 6.53. The van der Waals surface area contributed by atoms with E-state index < -0.39 is 0 Å². The fourth-order valence-corrected chi connectivity index (χ4v) is 2.33. The summed E-state index contributed by atoms with van der Waals surface area (Å²) in [6.07, 6.45) is 0. The van der Waals surface area contributed by atoms with Crippen LogP contribution in [0.4, 0.5) is 5.13 Å². The highest BCUT2D eigenvalue weighted by Crippen LogP contribution is 2.22. The van der Waals surface area contributed by atoms with Crippen LogP contribution in [0.3, 0.4) is 0 Å². The van der Waals surface area contributed by atoms with E-state index in [4.69, 9.17) is 10.9 Å². The first kappa shape index (κ1) is 14.7. The summed E-state index contributed by atoms with van der Waals surface area (Å²) in [4.78, 5) is 6.60. The Morgan fingerprint density at radius 2 is 2.17 bits per heavy atom. The number of hydrogen-bond acceptors (Lipinski definition) is 6. The van der Waals surface area contributed by atoms with Gasteiger partial charge in [-0.25, -0.2) is 4.98 Å². The molecule has 1 rings (SSSR count). The van der Waals surface area contributed by atoms with Crippen molar-refractivity contribution in [2.45, 2.75) is 33.6 Å². The summed E-state index contributed by atoms with van der Waals surface area (Å²) < 4.78 is 4.33. The number of oxime groups is 1. The maximum atomic E-state index is 8.66. The molecule has 1 aromatic rings. The summed E-state index contributed by atoms with van der Waals surface area (Å²) in [5.74, 6) is 1.41. The zero-order chi connectivity index (χ0) is 13.7. The minimum Gasteiger partial charge on any atom is -0.409 e. The summed E-state index contributed by atoms with van der Waals surface area (Å²) in [6, 6.07) is 0. The SMILES string of the molecule is CCN(CC(C)C(N)=NO)c1nc(C(C)C)ns1. The van der Waals surface area contributed by atoms with Gasteiger partial charge in [-0.2, -0.15) is 4.37 Å². The molecule has 102 valence electrons. The molecule has 0 aromatic carbocycles. The maximum Gasteiger partial charge on any atom is 0.205 e. The Hall–Kier alpha value is -1.37. The second-order valence-electron chi connectivity index (χ2n) is 4.55. The van der Waals surface area contributed by atoms with Crippen molar-refractivity contribution in [3.8, 4) is 0 Å². The minimum absolute atomic E-state index is 0.0265. The van der Waals surface area contributed by atoms with Crippen LogP contribution in [-0.4, -0.2) is 33.5 Å². The van der Waals surface area contributed by atoms with Crippen LogP contribution in [0.1, 0.15) is 39.4 Å². The Bertz CT molecular complexity index is 404. The molecule has 0 saturated heterocycles. The molecule has 6 nitrogen and oxygen atoms in total. The van der Waals surface area contributed by atoms with Crippen molar-refractivity contribution >= 4 is 22.5 Å². The molecule has 7 heteroatoms. The zero-order valence-electron chi connectivity index (χ0n) is 11.3. The van der Waals surface area contributed by atoms with Gasteiger partial charge < -0.3 is 15.8 Å². The van der Waals surface area contributed by atoms with Crippen LogP contribution >= 0.6 is 11.5 Å². The van der Waals surface area contributed by atoms with E-state index in [2.05, 4.69) is 40.2 Å². The average molecular weight is 271 g/mol. The molecular weight excluding hydrogens is 250 g/mol. The van der Waals surface area contributed by atoms with Crippen molar-refractivity contribution in [3.05, 3.63) is 5.82 Å². The molecule has 1 unspecified atom stereocenters. The third-order valence-corrected chi connectivity index (χ3v) is 3.51. The van der Waals surface area contributed by atoms with E-state index in [1.807, 2.05) is 6.92 Å². The van der Waals surface area contributed by atoms with Crippen LogP contribution in [0.2, 0.25) is 0 Å². The topological polar surface area (TPSA) is 87.6 Å². The van der Waals surface area contributed by atoms with E-state index in [1.165, 1.54) is 11.5 Å². The van der Waals surface area contributed by atoms with Gasteiger partial charge in [0.25, 0.3) is 0 Å². The molecule has 1 atom stereocenters. The quantitative estimate of drug-likeness (QED) is 0.357. The molecule has 1 heterocycles. The van der Waals surface area contributed by atoms with Gasteiger partial charge in [0.2, 0.25) is 5.13 Å². The number of amidine groups is 1.